The number of carbonyl (C=O) groups is 1. The second-order valence-corrected chi connectivity index (χ2v) is 9.63. The summed E-state index contributed by atoms with van der Waals surface area (Å²) >= 11 is 0. The molecule has 0 spiro atoms. The van der Waals surface area contributed by atoms with E-state index in [1.54, 1.807) is 0 Å². The molecule has 0 aliphatic heterocycles. The molecule has 0 saturated heterocycles. The zero-order valence-electron chi connectivity index (χ0n) is 15.4. The molecule has 4 aliphatic rings. The highest BCUT2D eigenvalue weighted by Crippen LogP contribution is 2.61. The van der Waals surface area contributed by atoms with Gasteiger partial charge in [0.05, 0.1) is 6.61 Å². The van der Waals surface area contributed by atoms with Crippen LogP contribution in [-0.2, 0) is 29.1 Å². The Labute approximate surface area is 157 Å². The topological polar surface area (TPSA) is 99.1 Å². The Kier molecular flexibility index (Phi) is 5.57. The molecule has 0 aromatic heterocycles. The summed E-state index contributed by atoms with van der Waals surface area (Å²) in [5.74, 6) is -1.99. The van der Waals surface area contributed by atoms with Gasteiger partial charge in [-0.15, -0.1) is 0 Å². The lowest BCUT2D eigenvalue weighted by Crippen LogP contribution is -2.57. The van der Waals surface area contributed by atoms with Gasteiger partial charge in [0.2, 0.25) is 0 Å². The molecule has 4 aliphatic carbocycles. The second-order valence-electron chi connectivity index (χ2n) is 8.17. The van der Waals surface area contributed by atoms with Gasteiger partial charge in [-0.3, -0.25) is 4.55 Å². The van der Waals surface area contributed by atoms with Crippen molar-refractivity contribution in [1.82, 2.24) is 0 Å². The van der Waals surface area contributed by atoms with Crippen LogP contribution in [0.4, 0.5) is 8.78 Å². The van der Waals surface area contributed by atoms with Gasteiger partial charge in [0.15, 0.2) is 6.29 Å². The molecule has 4 rings (SSSR count). The predicted octanol–water partition coefficient (Wildman–Crippen LogP) is 2.60. The summed E-state index contributed by atoms with van der Waals surface area (Å²) in [6.07, 6.45) is 2.77. The lowest BCUT2D eigenvalue weighted by molar-refractivity contribution is -0.213. The Balaban J connectivity index is 1.67. The third kappa shape index (κ3) is 3.99. The highest BCUT2D eigenvalue weighted by Gasteiger charge is 2.60. The van der Waals surface area contributed by atoms with E-state index in [1.165, 1.54) is 0 Å². The van der Waals surface area contributed by atoms with Crippen LogP contribution in [0.15, 0.2) is 0 Å². The largest absolute Gasteiger partial charge is 0.465 e. The van der Waals surface area contributed by atoms with Gasteiger partial charge in [0, 0.05) is 6.61 Å². The van der Waals surface area contributed by atoms with Crippen molar-refractivity contribution in [2.75, 3.05) is 13.2 Å². The van der Waals surface area contributed by atoms with Crippen LogP contribution in [0, 0.1) is 23.2 Å². The lowest BCUT2D eigenvalue weighted by atomic mass is 9.49. The average Bonchev–Trinajstić information content (AvgIpc) is 2.55. The Morgan fingerprint density at radius 2 is 1.81 bits per heavy atom. The van der Waals surface area contributed by atoms with Crippen molar-refractivity contribution in [2.24, 2.45) is 23.2 Å². The van der Waals surface area contributed by atoms with Crippen LogP contribution in [0.1, 0.15) is 46.0 Å². The molecular formula is C17H26F2O7S. The van der Waals surface area contributed by atoms with E-state index in [4.69, 9.17) is 18.8 Å². The van der Waals surface area contributed by atoms with Gasteiger partial charge in [0.1, 0.15) is 6.10 Å². The quantitative estimate of drug-likeness (QED) is 0.372. The maximum atomic E-state index is 13.6. The zero-order valence-corrected chi connectivity index (χ0v) is 16.2. The van der Waals surface area contributed by atoms with Gasteiger partial charge in [-0.25, -0.2) is 4.79 Å². The van der Waals surface area contributed by atoms with E-state index < -0.39 is 27.4 Å². The molecule has 4 bridgehead atoms. The maximum absolute atomic E-state index is 13.6. The van der Waals surface area contributed by atoms with Crippen molar-refractivity contribution >= 4 is 16.1 Å². The first-order chi connectivity index (χ1) is 12.5. The van der Waals surface area contributed by atoms with Gasteiger partial charge in [-0.2, -0.15) is 17.2 Å². The summed E-state index contributed by atoms with van der Waals surface area (Å²) in [6, 6.07) is 0. The van der Waals surface area contributed by atoms with E-state index in [-0.39, 0.29) is 23.5 Å². The number of rotatable bonds is 8. The summed E-state index contributed by atoms with van der Waals surface area (Å²) in [5.41, 5.74) is -0.0870. The molecule has 0 amide bonds. The Bertz CT molecular complexity index is 665. The van der Waals surface area contributed by atoms with Crippen LogP contribution >= 0.6 is 0 Å². The minimum absolute atomic E-state index is 0.0870. The summed E-state index contributed by atoms with van der Waals surface area (Å²) in [7, 11) is -5.86. The first kappa shape index (κ1) is 20.9. The molecule has 1 N–H and O–H groups in total. The number of alkyl halides is 2. The van der Waals surface area contributed by atoms with Gasteiger partial charge >= 0.3 is 21.3 Å². The first-order valence-corrected chi connectivity index (χ1v) is 10.7. The maximum Gasteiger partial charge on any atom is 0.465 e. The fourth-order valence-electron chi connectivity index (χ4n) is 5.39. The van der Waals surface area contributed by atoms with Crippen LogP contribution in [0.25, 0.3) is 0 Å². The number of hydrogen-bond acceptors (Lipinski definition) is 6. The van der Waals surface area contributed by atoms with E-state index in [1.807, 2.05) is 13.8 Å². The number of hydrogen-bond donors (Lipinski definition) is 1. The van der Waals surface area contributed by atoms with Gasteiger partial charge < -0.3 is 14.2 Å². The van der Waals surface area contributed by atoms with Gasteiger partial charge in [-0.1, -0.05) is 0 Å². The summed E-state index contributed by atoms with van der Waals surface area (Å²) < 4.78 is 73.4. The first-order valence-electron chi connectivity index (χ1n) is 9.26. The van der Waals surface area contributed by atoms with Crippen molar-refractivity contribution in [3.05, 3.63) is 0 Å². The fourth-order valence-corrected chi connectivity index (χ4v) is 5.65. The molecule has 4 fully saturated rings. The Hall–Kier alpha value is -0.840. The van der Waals surface area contributed by atoms with E-state index in [9.17, 15) is 22.0 Å². The minimum Gasteiger partial charge on any atom is -0.456 e. The fraction of sp³-hybridized carbons (Fsp3) is 0.941. The van der Waals surface area contributed by atoms with Crippen molar-refractivity contribution in [2.45, 2.75) is 63.6 Å². The highest BCUT2D eigenvalue weighted by molar-refractivity contribution is 7.87. The molecule has 3 unspecified atom stereocenters. The number of halogens is 2. The van der Waals surface area contributed by atoms with Crippen LogP contribution < -0.4 is 0 Å². The second kappa shape index (κ2) is 7.20. The lowest BCUT2D eigenvalue weighted by Gasteiger charge is -2.59. The van der Waals surface area contributed by atoms with E-state index >= 15 is 0 Å². The van der Waals surface area contributed by atoms with Crippen LogP contribution in [-0.4, -0.2) is 49.8 Å². The smallest absolute Gasteiger partial charge is 0.456 e. The van der Waals surface area contributed by atoms with Crippen LogP contribution in [0.2, 0.25) is 0 Å². The summed E-state index contributed by atoms with van der Waals surface area (Å²) in [5, 5.41) is -4.95. The summed E-state index contributed by atoms with van der Waals surface area (Å²) in [4.78, 5) is 11.7. The molecular weight excluding hydrogens is 386 g/mol. The van der Waals surface area contributed by atoms with E-state index in [0.29, 0.717) is 32.0 Å². The normalized spacial score (nSPS) is 36.6. The molecule has 0 radical (unpaired) electrons. The van der Waals surface area contributed by atoms with Crippen LogP contribution in [0.5, 0.6) is 0 Å². The van der Waals surface area contributed by atoms with E-state index in [2.05, 4.69) is 0 Å². The molecule has 0 aromatic carbocycles. The van der Waals surface area contributed by atoms with Gasteiger partial charge in [-0.05, 0) is 69.1 Å². The van der Waals surface area contributed by atoms with Crippen LogP contribution in [0.3, 0.4) is 0 Å². The molecule has 27 heavy (non-hydrogen) atoms. The standard InChI is InChI=1S/C17H26F2O7S/c1-3-24-10(2)25-9-16-6-11-4-12(7-16)14(13(5-11)8-16)26-15(20)17(18,19)27(21,22)23/h10-14H,3-9H2,1-2H3,(H,21,22,23). The molecule has 3 atom stereocenters. The number of esters is 1. The molecule has 0 aromatic rings. The molecule has 0 heterocycles. The average molecular weight is 412 g/mol. The molecule has 10 heteroatoms. The monoisotopic (exact) mass is 412 g/mol. The predicted molar refractivity (Wildman–Crippen MR) is 89.4 cm³/mol. The van der Waals surface area contributed by atoms with E-state index in [0.717, 1.165) is 19.3 Å². The zero-order chi connectivity index (χ0) is 20.0. The van der Waals surface area contributed by atoms with Crippen molar-refractivity contribution in [3.63, 3.8) is 0 Å². The molecule has 7 nitrogen and oxygen atoms in total. The van der Waals surface area contributed by atoms with Crippen molar-refractivity contribution in [1.29, 1.82) is 0 Å². The Morgan fingerprint density at radius 1 is 1.22 bits per heavy atom. The summed E-state index contributed by atoms with van der Waals surface area (Å²) in [6.45, 7) is 4.75. The number of carbonyl (C=O) groups excluding carboxylic acids is 1. The van der Waals surface area contributed by atoms with Gasteiger partial charge in [0.25, 0.3) is 0 Å². The SMILES string of the molecule is CCOC(C)OCC12CC3CC(C1)C(OC(=O)C(F)(F)S(=O)(=O)O)C(C3)C2. The number of ether oxygens (including phenoxy) is 3. The molecule has 156 valence electrons. The Morgan fingerprint density at radius 3 is 2.33 bits per heavy atom. The molecule has 4 saturated carbocycles. The minimum atomic E-state index is -5.86. The third-order valence-corrected chi connectivity index (χ3v) is 6.96. The third-order valence-electron chi connectivity index (χ3n) is 6.14. The van der Waals surface area contributed by atoms with Crippen molar-refractivity contribution in [3.8, 4) is 0 Å². The highest BCUT2D eigenvalue weighted by atomic mass is 32.2. The van der Waals surface area contributed by atoms with Crippen molar-refractivity contribution < 1.29 is 40.8 Å².